The maximum absolute atomic E-state index is 12.4. The van der Waals surface area contributed by atoms with Gasteiger partial charge in [-0.25, -0.2) is 4.98 Å². The largest absolute Gasteiger partial charge is 0.378 e. The lowest BCUT2D eigenvalue weighted by molar-refractivity contribution is -0.162. The Bertz CT molecular complexity index is 484. The van der Waals surface area contributed by atoms with E-state index in [0.29, 0.717) is 6.42 Å². The Balaban J connectivity index is 1.95. The van der Waals surface area contributed by atoms with Crippen molar-refractivity contribution in [3.63, 3.8) is 0 Å². The van der Waals surface area contributed by atoms with Crippen LogP contribution >= 0.6 is 11.3 Å². The number of carbonyl (C=O) groups is 1. The first-order chi connectivity index (χ1) is 9.36. The van der Waals surface area contributed by atoms with E-state index in [4.69, 9.17) is 4.74 Å². The Hall–Kier alpha value is -0.940. The lowest BCUT2D eigenvalue weighted by Gasteiger charge is -2.54. The van der Waals surface area contributed by atoms with Crippen LogP contribution in [-0.4, -0.2) is 41.6 Å². The summed E-state index contributed by atoms with van der Waals surface area (Å²) < 4.78 is 5.73. The number of hydrogen-bond acceptors (Lipinski definition) is 4. The molecule has 1 heterocycles. The fourth-order valence-electron chi connectivity index (χ4n) is 2.95. The molecule has 1 aromatic rings. The molecule has 2 atom stereocenters. The second-order valence-electron chi connectivity index (χ2n) is 6.06. The van der Waals surface area contributed by atoms with Crippen LogP contribution in [0.5, 0.6) is 0 Å². The molecule has 1 aliphatic carbocycles. The number of aromatic nitrogens is 1. The minimum atomic E-state index is 0.0262. The zero-order chi connectivity index (χ0) is 14.9. The molecule has 0 unspecified atom stereocenters. The Morgan fingerprint density at radius 3 is 2.80 bits per heavy atom. The maximum Gasteiger partial charge on any atom is 0.228 e. The van der Waals surface area contributed by atoms with Gasteiger partial charge in [-0.2, -0.15) is 0 Å². The van der Waals surface area contributed by atoms with Crippen LogP contribution in [0.1, 0.15) is 37.9 Å². The SMILES string of the molecule is CCO[C@@H]1C[C@@H](N(C)C(=O)Cc2csc(C)n2)C1(C)C. The highest BCUT2D eigenvalue weighted by molar-refractivity contribution is 7.09. The van der Waals surface area contributed by atoms with E-state index in [2.05, 4.69) is 18.8 Å². The molecule has 4 nitrogen and oxygen atoms in total. The summed E-state index contributed by atoms with van der Waals surface area (Å²) in [7, 11) is 1.90. The highest BCUT2D eigenvalue weighted by atomic mass is 32.1. The summed E-state index contributed by atoms with van der Waals surface area (Å²) in [5.74, 6) is 0.142. The first kappa shape index (κ1) is 15.4. The van der Waals surface area contributed by atoms with Gasteiger partial charge in [0, 0.05) is 30.5 Å². The molecule has 20 heavy (non-hydrogen) atoms. The zero-order valence-electron chi connectivity index (χ0n) is 13.0. The molecule has 1 fully saturated rings. The van der Waals surface area contributed by atoms with Crippen LogP contribution in [0, 0.1) is 12.3 Å². The summed E-state index contributed by atoms with van der Waals surface area (Å²) in [4.78, 5) is 18.6. The van der Waals surface area contributed by atoms with E-state index in [9.17, 15) is 4.79 Å². The normalized spacial score (nSPS) is 24.2. The van der Waals surface area contributed by atoms with Gasteiger partial charge in [0.25, 0.3) is 0 Å². The Morgan fingerprint density at radius 2 is 2.30 bits per heavy atom. The number of likely N-dealkylation sites (N-methyl/N-ethyl adjacent to an activating group) is 1. The van der Waals surface area contributed by atoms with E-state index < -0.39 is 0 Å². The van der Waals surface area contributed by atoms with E-state index in [1.165, 1.54) is 0 Å². The van der Waals surface area contributed by atoms with Crippen molar-refractivity contribution in [3.05, 3.63) is 16.1 Å². The van der Waals surface area contributed by atoms with E-state index in [1.807, 2.05) is 31.2 Å². The lowest BCUT2D eigenvalue weighted by Crippen LogP contribution is -2.62. The summed E-state index contributed by atoms with van der Waals surface area (Å²) in [6.07, 6.45) is 1.58. The number of thiazole rings is 1. The van der Waals surface area contributed by atoms with E-state index in [-0.39, 0.29) is 23.5 Å². The molecule has 0 radical (unpaired) electrons. The highest BCUT2D eigenvalue weighted by Gasteiger charge is 2.51. The molecule has 0 bridgehead atoms. The topological polar surface area (TPSA) is 42.4 Å². The molecule has 0 N–H and O–H groups in total. The number of carbonyl (C=O) groups excluding carboxylic acids is 1. The number of amides is 1. The van der Waals surface area contributed by atoms with Crippen molar-refractivity contribution in [1.82, 2.24) is 9.88 Å². The van der Waals surface area contributed by atoms with Gasteiger partial charge in [0.1, 0.15) is 0 Å². The predicted octanol–water partition coefficient (Wildman–Crippen LogP) is 2.66. The van der Waals surface area contributed by atoms with Crippen molar-refractivity contribution in [1.29, 1.82) is 0 Å². The van der Waals surface area contributed by atoms with Crippen LogP contribution in [0.2, 0.25) is 0 Å². The number of hydrogen-bond donors (Lipinski definition) is 0. The van der Waals surface area contributed by atoms with Crippen LogP contribution in [0.25, 0.3) is 0 Å². The molecule has 112 valence electrons. The molecule has 2 rings (SSSR count). The van der Waals surface area contributed by atoms with Crippen molar-refractivity contribution >= 4 is 17.2 Å². The third-order valence-electron chi connectivity index (χ3n) is 4.35. The van der Waals surface area contributed by atoms with Gasteiger partial charge in [-0.05, 0) is 20.3 Å². The van der Waals surface area contributed by atoms with Gasteiger partial charge in [0.2, 0.25) is 5.91 Å². The summed E-state index contributed by atoms with van der Waals surface area (Å²) >= 11 is 1.59. The fraction of sp³-hybridized carbons (Fsp3) is 0.733. The van der Waals surface area contributed by atoms with Crippen molar-refractivity contribution in [2.75, 3.05) is 13.7 Å². The third kappa shape index (κ3) is 2.88. The summed E-state index contributed by atoms with van der Waals surface area (Å²) in [6.45, 7) is 9.07. The molecule has 0 aliphatic heterocycles. The Labute approximate surface area is 125 Å². The average Bonchev–Trinajstić information content (AvgIpc) is 2.78. The van der Waals surface area contributed by atoms with Crippen LogP contribution in [0.3, 0.4) is 0 Å². The molecule has 0 saturated heterocycles. The van der Waals surface area contributed by atoms with E-state index in [0.717, 1.165) is 23.7 Å². The first-order valence-corrected chi connectivity index (χ1v) is 8.02. The van der Waals surface area contributed by atoms with Gasteiger partial charge in [-0.15, -0.1) is 11.3 Å². The maximum atomic E-state index is 12.4. The van der Waals surface area contributed by atoms with Gasteiger partial charge in [-0.1, -0.05) is 13.8 Å². The number of aryl methyl sites for hydroxylation is 1. The van der Waals surface area contributed by atoms with Crippen molar-refractivity contribution in [3.8, 4) is 0 Å². The smallest absolute Gasteiger partial charge is 0.228 e. The quantitative estimate of drug-likeness (QED) is 0.839. The number of nitrogens with zero attached hydrogens (tertiary/aromatic N) is 2. The van der Waals surface area contributed by atoms with Crippen molar-refractivity contribution in [2.24, 2.45) is 5.41 Å². The molecule has 0 spiro atoms. The minimum absolute atomic E-state index is 0.0262. The zero-order valence-corrected chi connectivity index (χ0v) is 13.8. The molecular weight excluding hydrogens is 272 g/mol. The Kier molecular flexibility index (Phi) is 4.49. The van der Waals surface area contributed by atoms with E-state index in [1.54, 1.807) is 11.3 Å². The summed E-state index contributed by atoms with van der Waals surface area (Å²) in [6, 6.07) is 0.256. The predicted molar refractivity (Wildman–Crippen MR) is 80.9 cm³/mol. The molecule has 0 aromatic carbocycles. The average molecular weight is 296 g/mol. The van der Waals surface area contributed by atoms with Gasteiger partial charge in [0.15, 0.2) is 0 Å². The molecule has 1 saturated carbocycles. The molecule has 5 heteroatoms. The third-order valence-corrected chi connectivity index (χ3v) is 5.18. The molecule has 1 amide bonds. The van der Waals surface area contributed by atoms with Gasteiger partial charge >= 0.3 is 0 Å². The van der Waals surface area contributed by atoms with Crippen molar-refractivity contribution < 1.29 is 9.53 Å². The second kappa shape index (κ2) is 5.82. The van der Waals surface area contributed by atoms with Crippen LogP contribution in [-0.2, 0) is 16.0 Å². The van der Waals surface area contributed by atoms with Crippen LogP contribution < -0.4 is 0 Å². The van der Waals surface area contributed by atoms with E-state index >= 15 is 0 Å². The fourth-order valence-corrected chi connectivity index (χ4v) is 3.56. The summed E-state index contributed by atoms with van der Waals surface area (Å²) in [5, 5.41) is 2.98. The first-order valence-electron chi connectivity index (χ1n) is 7.14. The van der Waals surface area contributed by atoms with Crippen LogP contribution in [0.4, 0.5) is 0 Å². The van der Waals surface area contributed by atoms with Crippen LogP contribution in [0.15, 0.2) is 5.38 Å². The van der Waals surface area contributed by atoms with Crippen molar-refractivity contribution in [2.45, 2.75) is 52.7 Å². The Morgan fingerprint density at radius 1 is 1.60 bits per heavy atom. The highest BCUT2D eigenvalue weighted by Crippen LogP contribution is 2.45. The van der Waals surface area contributed by atoms with Gasteiger partial charge in [0.05, 0.1) is 23.2 Å². The number of ether oxygens (including phenoxy) is 1. The lowest BCUT2D eigenvalue weighted by atomic mass is 9.63. The molecular formula is C15H24N2O2S. The molecule has 1 aliphatic rings. The second-order valence-corrected chi connectivity index (χ2v) is 7.12. The molecule has 1 aromatic heterocycles. The summed E-state index contributed by atoms with van der Waals surface area (Å²) in [5.41, 5.74) is 0.904. The van der Waals surface area contributed by atoms with Gasteiger partial charge in [-0.3, -0.25) is 4.79 Å². The monoisotopic (exact) mass is 296 g/mol. The standard InChI is InChI=1S/C15H24N2O2S/c1-6-19-13-8-12(15(13,3)4)17(5)14(18)7-11-9-20-10(2)16-11/h9,12-13H,6-8H2,1-5H3/t12-,13-/m1/s1. The number of rotatable bonds is 5. The van der Waals surface area contributed by atoms with Gasteiger partial charge < -0.3 is 9.64 Å². The minimum Gasteiger partial charge on any atom is -0.378 e.